The zero-order valence-corrected chi connectivity index (χ0v) is 4.50. The minimum Gasteiger partial charge on any atom is -0.601 e. The van der Waals surface area contributed by atoms with E-state index in [9.17, 15) is 10.0 Å². The summed E-state index contributed by atoms with van der Waals surface area (Å²) in [6.45, 7) is 0. The number of primary amides is 1. The van der Waals surface area contributed by atoms with Crippen LogP contribution in [0.1, 0.15) is 0 Å². The Kier molecular flexibility index (Phi) is 1.29. The van der Waals surface area contributed by atoms with Crippen LogP contribution in [0.15, 0.2) is 16.9 Å². The van der Waals surface area contributed by atoms with Gasteiger partial charge in [0.15, 0.2) is 0 Å². The number of quaternary nitrogens is 1. The van der Waals surface area contributed by atoms with Crippen LogP contribution in [0.25, 0.3) is 0 Å². The third-order valence-corrected chi connectivity index (χ3v) is 0.929. The van der Waals surface area contributed by atoms with Crippen molar-refractivity contribution in [2.24, 2.45) is 10.8 Å². The second-order valence-corrected chi connectivity index (χ2v) is 1.53. The number of nitrogens with two attached hydrogens (primary N) is 1. The van der Waals surface area contributed by atoms with Crippen LogP contribution in [-0.4, -0.2) is 12.1 Å². The van der Waals surface area contributed by atoms with Gasteiger partial charge in [0.25, 0.3) is 0 Å². The molecule has 0 aromatic heterocycles. The van der Waals surface area contributed by atoms with Gasteiger partial charge in [0.05, 0.1) is 6.21 Å². The number of hydrogen-bond donors (Lipinski definition) is 2. The highest BCUT2D eigenvalue weighted by Crippen LogP contribution is 1.82. The maximum absolute atomic E-state index is 10.4. The molecule has 48 valence electrons. The summed E-state index contributed by atoms with van der Waals surface area (Å²) >= 11 is 0. The Balaban J connectivity index is 2.76. The van der Waals surface area contributed by atoms with Gasteiger partial charge in [0.1, 0.15) is 0 Å². The molecule has 1 rings (SSSR count). The van der Waals surface area contributed by atoms with Crippen LogP contribution in [-0.2, 0) is 4.79 Å². The quantitative estimate of drug-likeness (QED) is 0.389. The van der Waals surface area contributed by atoms with E-state index in [0.29, 0.717) is 0 Å². The Morgan fingerprint density at radius 3 is 2.78 bits per heavy atom. The fourth-order valence-corrected chi connectivity index (χ4v) is 0.508. The van der Waals surface area contributed by atoms with Crippen LogP contribution < -0.4 is 10.9 Å². The highest BCUT2D eigenvalue weighted by atomic mass is 16.5. The summed E-state index contributed by atoms with van der Waals surface area (Å²) in [7, 11) is 0. The van der Waals surface area contributed by atoms with Gasteiger partial charge >= 0.3 is 5.91 Å². The molecule has 0 aromatic rings. The van der Waals surface area contributed by atoms with Crippen LogP contribution in [0.4, 0.5) is 0 Å². The molecule has 0 fully saturated rings. The zero-order chi connectivity index (χ0) is 6.85. The highest BCUT2D eigenvalue weighted by Gasteiger charge is 2.15. The van der Waals surface area contributed by atoms with E-state index >= 15 is 0 Å². The first-order chi connectivity index (χ1) is 4.22. The number of carbonyl (C=O) groups is 1. The summed E-state index contributed by atoms with van der Waals surface area (Å²) < 4.78 is 0. The van der Waals surface area contributed by atoms with Crippen molar-refractivity contribution in [2.75, 3.05) is 0 Å². The van der Waals surface area contributed by atoms with Crippen molar-refractivity contribution in [3.63, 3.8) is 0 Å². The predicted molar refractivity (Wildman–Crippen MR) is 30.1 cm³/mol. The molecule has 1 heterocycles. The number of nitrogens with one attached hydrogen (secondary N) is 1. The first-order valence-corrected chi connectivity index (χ1v) is 2.30. The molecule has 0 aromatic carbocycles. The topological polar surface area (TPSA) is 83.0 Å². The van der Waals surface area contributed by atoms with Gasteiger partial charge in [-0.15, -0.1) is 0 Å². The van der Waals surface area contributed by atoms with Gasteiger partial charge in [-0.1, -0.05) is 5.10 Å². The molecule has 1 aliphatic heterocycles. The largest absolute Gasteiger partial charge is 0.601 e. The van der Waals surface area contributed by atoms with Gasteiger partial charge < -0.3 is 10.9 Å². The Labute approximate surface area is 51.0 Å². The first-order valence-electron chi connectivity index (χ1n) is 2.30. The number of hydroxylamine groups is 1. The highest BCUT2D eigenvalue weighted by molar-refractivity contribution is 5.94. The summed E-state index contributed by atoms with van der Waals surface area (Å²) in [5.41, 5.74) is 4.73. The molecule has 1 amide bonds. The third-order valence-electron chi connectivity index (χ3n) is 0.929. The molecule has 5 heteroatoms. The lowest BCUT2D eigenvalue weighted by molar-refractivity contribution is -0.805. The molecule has 5 nitrogen and oxygen atoms in total. The molecule has 1 atom stereocenters. The molecule has 0 saturated heterocycles. The smallest absolute Gasteiger partial charge is 0.305 e. The minimum absolute atomic E-state index is 0.0463. The number of carbonyl (C=O) groups excluding carboxylic acids is 1. The van der Waals surface area contributed by atoms with Crippen LogP contribution in [0.5, 0.6) is 0 Å². The molecule has 0 saturated carbocycles. The van der Waals surface area contributed by atoms with Gasteiger partial charge in [0, 0.05) is 6.08 Å². The molecule has 3 N–H and O–H groups in total. The standard InChI is InChI=1S/C4H5N3O2/c5-4(8)3-1-2-6-7(3)9/h1-2,7H,(H2,5,8). The predicted octanol–water partition coefficient (Wildman–Crippen LogP) is -2.26. The van der Waals surface area contributed by atoms with E-state index in [1.807, 2.05) is 0 Å². The van der Waals surface area contributed by atoms with E-state index < -0.39 is 11.1 Å². The SMILES string of the molecule is NC(=O)C1=CC=N[NH+]1[O-]. The molecule has 0 bridgehead atoms. The Hall–Kier alpha value is -1.20. The summed E-state index contributed by atoms with van der Waals surface area (Å²) in [4.78, 5) is 10.3. The number of rotatable bonds is 1. The number of nitrogens with zero attached hydrogens (tertiary/aromatic N) is 1. The molecule has 0 radical (unpaired) electrons. The molecule has 0 spiro atoms. The van der Waals surface area contributed by atoms with E-state index in [1.54, 1.807) is 0 Å². The zero-order valence-electron chi connectivity index (χ0n) is 4.50. The van der Waals surface area contributed by atoms with Crippen LogP contribution in [0.2, 0.25) is 0 Å². The fraction of sp³-hybridized carbons (Fsp3) is 0. The maximum Gasteiger partial charge on any atom is 0.305 e. The van der Waals surface area contributed by atoms with E-state index in [-0.39, 0.29) is 5.70 Å². The number of amides is 1. The third kappa shape index (κ3) is 0.956. The number of hydrogen-bond acceptors (Lipinski definition) is 3. The molecule has 9 heavy (non-hydrogen) atoms. The molecular weight excluding hydrogens is 122 g/mol. The maximum atomic E-state index is 10.4. The summed E-state index contributed by atoms with van der Waals surface area (Å²) in [5.74, 6) is -0.725. The van der Waals surface area contributed by atoms with Gasteiger partial charge in [-0.25, -0.2) is 5.17 Å². The van der Waals surface area contributed by atoms with Crippen molar-refractivity contribution in [1.29, 1.82) is 0 Å². The summed E-state index contributed by atoms with van der Waals surface area (Å²) in [5, 5.41) is 13.2. The summed E-state index contributed by atoms with van der Waals surface area (Å²) in [6, 6.07) is 0. The number of allylic oxidation sites excluding steroid dienone is 1. The van der Waals surface area contributed by atoms with Crippen molar-refractivity contribution < 1.29 is 9.97 Å². The first kappa shape index (κ1) is 5.93. The Morgan fingerprint density at radius 1 is 1.89 bits per heavy atom. The van der Waals surface area contributed by atoms with Crippen LogP contribution >= 0.6 is 0 Å². The van der Waals surface area contributed by atoms with E-state index in [1.165, 1.54) is 12.3 Å². The van der Waals surface area contributed by atoms with Crippen molar-refractivity contribution in [2.45, 2.75) is 0 Å². The average Bonchev–Trinajstić information content (AvgIpc) is 2.13. The molecule has 0 aliphatic carbocycles. The van der Waals surface area contributed by atoms with Crippen molar-refractivity contribution in [3.05, 3.63) is 17.0 Å². The van der Waals surface area contributed by atoms with Gasteiger partial charge in [-0.2, -0.15) is 0 Å². The van der Waals surface area contributed by atoms with Crippen molar-refractivity contribution >= 4 is 12.1 Å². The fourth-order valence-electron chi connectivity index (χ4n) is 0.508. The van der Waals surface area contributed by atoms with Gasteiger partial charge in [-0.3, -0.25) is 4.79 Å². The second-order valence-electron chi connectivity index (χ2n) is 1.53. The molecule has 1 aliphatic rings. The lowest BCUT2D eigenvalue weighted by Gasteiger charge is -2.09. The van der Waals surface area contributed by atoms with Crippen molar-refractivity contribution in [1.82, 2.24) is 0 Å². The normalized spacial score (nSPS) is 24.1. The van der Waals surface area contributed by atoms with Crippen molar-refractivity contribution in [3.8, 4) is 0 Å². The van der Waals surface area contributed by atoms with E-state index in [0.717, 1.165) is 0 Å². The van der Waals surface area contributed by atoms with Crippen LogP contribution in [0, 0.1) is 5.21 Å². The van der Waals surface area contributed by atoms with E-state index in [4.69, 9.17) is 5.73 Å². The van der Waals surface area contributed by atoms with Gasteiger partial charge in [-0.05, 0) is 0 Å². The average molecular weight is 127 g/mol. The monoisotopic (exact) mass is 127 g/mol. The summed E-state index contributed by atoms with van der Waals surface area (Å²) in [6.07, 6.45) is 2.55. The minimum atomic E-state index is -0.725. The molecule has 1 unspecified atom stereocenters. The Bertz CT molecular complexity index is 196. The van der Waals surface area contributed by atoms with E-state index in [2.05, 4.69) is 5.10 Å². The molecular formula is C4H5N3O2. The van der Waals surface area contributed by atoms with Crippen LogP contribution in [0.3, 0.4) is 0 Å². The second kappa shape index (κ2) is 1.96. The van der Waals surface area contributed by atoms with Gasteiger partial charge in [0.2, 0.25) is 5.70 Å². The lowest BCUT2D eigenvalue weighted by atomic mass is 10.4. The Morgan fingerprint density at radius 2 is 2.56 bits per heavy atom. The lowest BCUT2D eigenvalue weighted by Crippen LogP contribution is -3.00.